The van der Waals surface area contributed by atoms with Crippen LogP contribution in [-0.2, 0) is 6.54 Å². The van der Waals surface area contributed by atoms with Crippen molar-refractivity contribution in [1.82, 2.24) is 10.2 Å². The van der Waals surface area contributed by atoms with Crippen LogP contribution >= 0.6 is 0 Å². The van der Waals surface area contributed by atoms with Crippen LogP contribution in [-0.4, -0.2) is 66.8 Å². The number of aliphatic hydroxyl groups is 1. The molecule has 2 unspecified atom stereocenters. The van der Waals surface area contributed by atoms with Gasteiger partial charge in [-0.15, -0.1) is 0 Å². The van der Waals surface area contributed by atoms with E-state index in [0.717, 1.165) is 48.0 Å². The van der Waals surface area contributed by atoms with Crippen LogP contribution < -0.4 is 10.6 Å². The molecule has 0 aliphatic carbocycles. The minimum atomic E-state index is -0.382. The first kappa shape index (κ1) is 21.2. The number of rotatable bonds is 7. The molecule has 8 nitrogen and oxygen atoms in total. The number of anilines is 1. The van der Waals surface area contributed by atoms with E-state index < -0.39 is 0 Å². The third-order valence-electron chi connectivity index (χ3n) is 5.67. The van der Waals surface area contributed by atoms with Gasteiger partial charge in [-0.05, 0) is 36.1 Å². The summed E-state index contributed by atoms with van der Waals surface area (Å²) in [5.74, 6) is 0.610. The highest BCUT2D eigenvalue weighted by atomic mass is 16.3. The minimum absolute atomic E-state index is 0.135. The molecular weight excluding hydrogens is 390 g/mol. The molecule has 162 valence electrons. The molecule has 1 fully saturated rings. The van der Waals surface area contributed by atoms with E-state index in [4.69, 9.17) is 15.1 Å². The van der Waals surface area contributed by atoms with Gasteiger partial charge in [0.2, 0.25) is 6.29 Å². The van der Waals surface area contributed by atoms with E-state index in [2.05, 4.69) is 26.6 Å². The molecule has 0 radical (unpaired) electrons. The van der Waals surface area contributed by atoms with Crippen molar-refractivity contribution < 1.29 is 5.11 Å². The van der Waals surface area contributed by atoms with E-state index in [1.54, 1.807) is 0 Å². The number of benzene rings is 1. The average molecular weight is 420 g/mol. The number of hydrogen-bond donors (Lipinski definition) is 3. The van der Waals surface area contributed by atoms with E-state index in [0.29, 0.717) is 19.5 Å². The number of nitrogens with zero attached hydrogens (tertiary/aromatic N) is 5. The molecule has 31 heavy (non-hydrogen) atoms. The standard InChI is InChI=1S/C23H29N7O/c24-14-18-13-19(16-27-22(18)30-10-1-2-11-30)21-7-8-26-23(29-21)28-20-5-3-17(4-6-20)15-25-9-12-31/h3-6,8,13,18,23,25,28,31H,1-2,7,9-12,15-16H2. The largest absolute Gasteiger partial charge is 0.395 e. The summed E-state index contributed by atoms with van der Waals surface area (Å²) in [4.78, 5) is 16.3. The molecule has 3 N–H and O–H groups in total. The van der Waals surface area contributed by atoms with Crippen LogP contribution in [0.1, 0.15) is 24.8 Å². The fourth-order valence-electron chi connectivity index (χ4n) is 4.05. The molecule has 3 heterocycles. The number of nitrogens with one attached hydrogen (secondary N) is 2. The van der Waals surface area contributed by atoms with Gasteiger partial charge in [0.15, 0.2) is 0 Å². The Morgan fingerprint density at radius 3 is 2.74 bits per heavy atom. The normalized spacial score (nSPS) is 23.1. The Balaban J connectivity index is 1.39. The Labute approximate surface area is 183 Å². The maximum Gasteiger partial charge on any atom is 0.213 e. The minimum Gasteiger partial charge on any atom is -0.395 e. The fraction of sp³-hybridized carbons (Fsp3) is 0.478. The Hall–Kier alpha value is -3.02. The summed E-state index contributed by atoms with van der Waals surface area (Å²) in [6.45, 7) is 4.00. The first-order valence-corrected chi connectivity index (χ1v) is 10.9. The Morgan fingerprint density at radius 2 is 2.00 bits per heavy atom. The van der Waals surface area contributed by atoms with Gasteiger partial charge in [-0.2, -0.15) is 5.26 Å². The summed E-state index contributed by atoms with van der Waals surface area (Å²) < 4.78 is 0. The molecule has 1 aromatic rings. The number of dihydropyridines is 1. The molecular formula is C23H29N7O. The number of aliphatic imine (C=N–C) groups is 3. The van der Waals surface area contributed by atoms with Gasteiger partial charge < -0.3 is 20.6 Å². The van der Waals surface area contributed by atoms with E-state index in [1.165, 1.54) is 12.8 Å². The summed E-state index contributed by atoms with van der Waals surface area (Å²) in [7, 11) is 0. The van der Waals surface area contributed by atoms with Crippen LogP contribution in [0, 0.1) is 17.2 Å². The van der Waals surface area contributed by atoms with E-state index >= 15 is 0 Å². The Kier molecular flexibility index (Phi) is 7.07. The predicted octanol–water partition coefficient (Wildman–Crippen LogP) is 1.95. The second-order valence-electron chi connectivity index (χ2n) is 7.89. The van der Waals surface area contributed by atoms with Gasteiger partial charge in [-0.3, -0.25) is 9.98 Å². The molecule has 0 spiro atoms. The molecule has 3 aliphatic heterocycles. The molecule has 0 saturated carbocycles. The second-order valence-corrected chi connectivity index (χ2v) is 7.89. The van der Waals surface area contributed by atoms with Crippen LogP contribution in [0.3, 0.4) is 0 Å². The number of aliphatic hydroxyl groups excluding tert-OH is 1. The van der Waals surface area contributed by atoms with Gasteiger partial charge in [-0.25, -0.2) is 4.99 Å². The van der Waals surface area contributed by atoms with Crippen molar-refractivity contribution >= 4 is 23.4 Å². The van der Waals surface area contributed by atoms with Gasteiger partial charge in [0.25, 0.3) is 0 Å². The van der Waals surface area contributed by atoms with Gasteiger partial charge in [-0.1, -0.05) is 18.2 Å². The maximum atomic E-state index is 9.68. The van der Waals surface area contributed by atoms with Crippen LogP contribution in [0.5, 0.6) is 0 Å². The van der Waals surface area contributed by atoms with Crippen LogP contribution in [0.4, 0.5) is 5.69 Å². The van der Waals surface area contributed by atoms with E-state index in [1.807, 2.05) is 36.6 Å². The highest BCUT2D eigenvalue weighted by Crippen LogP contribution is 2.22. The van der Waals surface area contributed by atoms with Crippen molar-refractivity contribution in [2.24, 2.45) is 20.9 Å². The highest BCUT2D eigenvalue weighted by molar-refractivity contribution is 6.09. The number of nitriles is 1. The smallest absolute Gasteiger partial charge is 0.213 e. The fourth-order valence-corrected chi connectivity index (χ4v) is 4.05. The quantitative estimate of drug-likeness (QED) is 0.586. The zero-order valence-corrected chi connectivity index (χ0v) is 17.7. The molecule has 8 heteroatoms. The molecule has 1 aromatic carbocycles. The molecule has 3 aliphatic rings. The molecule has 1 saturated heterocycles. The number of likely N-dealkylation sites (tertiary alicyclic amines) is 1. The van der Waals surface area contributed by atoms with Crippen LogP contribution in [0.25, 0.3) is 0 Å². The van der Waals surface area contributed by atoms with Crippen molar-refractivity contribution in [1.29, 1.82) is 5.26 Å². The first-order chi connectivity index (χ1) is 15.3. The SMILES string of the molecule is N#CC1C=C(C2=NC(Nc3ccc(CNCCO)cc3)N=CC2)CN=C1N1CCCC1. The van der Waals surface area contributed by atoms with Crippen molar-refractivity contribution in [3.8, 4) is 6.07 Å². The monoisotopic (exact) mass is 419 g/mol. The zero-order chi connectivity index (χ0) is 21.5. The van der Waals surface area contributed by atoms with Crippen molar-refractivity contribution in [2.75, 3.05) is 38.1 Å². The summed E-state index contributed by atoms with van der Waals surface area (Å²) >= 11 is 0. The number of hydrogen-bond acceptors (Lipinski definition) is 8. The highest BCUT2D eigenvalue weighted by Gasteiger charge is 2.27. The maximum absolute atomic E-state index is 9.68. The van der Waals surface area contributed by atoms with Crippen molar-refractivity contribution in [3.63, 3.8) is 0 Å². The lowest BCUT2D eigenvalue weighted by molar-refractivity contribution is 0.292. The van der Waals surface area contributed by atoms with E-state index in [-0.39, 0.29) is 18.8 Å². The van der Waals surface area contributed by atoms with Gasteiger partial charge in [0.05, 0.1) is 19.2 Å². The average Bonchev–Trinajstić information content (AvgIpc) is 3.35. The molecule has 0 aromatic heterocycles. The zero-order valence-electron chi connectivity index (χ0n) is 17.7. The van der Waals surface area contributed by atoms with Crippen molar-refractivity contribution in [3.05, 3.63) is 41.5 Å². The summed E-state index contributed by atoms with van der Waals surface area (Å²) in [6, 6.07) is 10.5. The van der Waals surface area contributed by atoms with Crippen molar-refractivity contribution in [2.45, 2.75) is 32.1 Å². The van der Waals surface area contributed by atoms with E-state index in [9.17, 15) is 5.26 Å². The first-order valence-electron chi connectivity index (χ1n) is 10.9. The van der Waals surface area contributed by atoms with Crippen LogP contribution in [0.2, 0.25) is 0 Å². The lowest BCUT2D eigenvalue weighted by Crippen LogP contribution is -2.36. The second kappa shape index (κ2) is 10.3. The van der Waals surface area contributed by atoms with Crippen LogP contribution in [0.15, 0.2) is 50.9 Å². The van der Waals surface area contributed by atoms with Gasteiger partial charge in [0.1, 0.15) is 11.8 Å². The summed E-state index contributed by atoms with van der Waals surface area (Å²) in [5.41, 5.74) is 4.07. The molecule has 0 bridgehead atoms. The third kappa shape index (κ3) is 5.37. The summed E-state index contributed by atoms with van der Waals surface area (Å²) in [6.07, 6.45) is 6.53. The molecule has 4 rings (SSSR count). The Morgan fingerprint density at radius 1 is 1.19 bits per heavy atom. The molecule has 0 amide bonds. The molecule has 2 atom stereocenters. The predicted molar refractivity (Wildman–Crippen MR) is 123 cm³/mol. The third-order valence-corrected chi connectivity index (χ3v) is 5.67. The number of amidine groups is 1. The topological polar surface area (TPSA) is 108 Å². The Bertz CT molecular complexity index is 920. The lowest BCUT2D eigenvalue weighted by Gasteiger charge is -2.27. The lowest BCUT2D eigenvalue weighted by atomic mass is 9.97. The summed E-state index contributed by atoms with van der Waals surface area (Å²) in [5, 5.41) is 25.0. The van der Waals surface area contributed by atoms with Gasteiger partial charge >= 0.3 is 0 Å². The van der Waals surface area contributed by atoms with Gasteiger partial charge in [0, 0.05) is 50.2 Å².